The zero-order chi connectivity index (χ0) is 0. The molecule has 0 aliphatic carbocycles. The molecule has 0 spiro atoms. The zero-order valence-corrected chi connectivity index (χ0v) is 6.59. The van der Waals surface area contributed by atoms with E-state index in [-0.39, 0.29) is 72.2 Å². The minimum atomic E-state index is 0. The smallest absolute Gasteiger partial charge is 0 e. The van der Waals surface area contributed by atoms with E-state index in [9.17, 15) is 0 Å². The van der Waals surface area contributed by atoms with Gasteiger partial charge < -0.3 is 55.1 Å². The fraction of sp³-hybridized carbons (Fsp3) is 0. The summed E-state index contributed by atoms with van der Waals surface area (Å²) < 4.78 is 0. The molecule has 47 valence electrons. The molecule has 0 aliphatic rings. The molecular formula is H2Cl4MnO-4. The molecule has 1 radical (unpaired) electrons. The molecule has 0 aromatic carbocycles. The second-order valence-electron chi connectivity index (χ2n) is 0. The molecule has 0 aromatic rings. The molecule has 0 fully saturated rings. The summed E-state index contributed by atoms with van der Waals surface area (Å²) in [6.45, 7) is 0. The van der Waals surface area contributed by atoms with E-state index in [1.165, 1.54) is 0 Å². The molecule has 6 heteroatoms. The Kier molecular flexibility index (Phi) is 1640. The van der Waals surface area contributed by atoms with Gasteiger partial charge in [0.25, 0.3) is 0 Å². The van der Waals surface area contributed by atoms with Gasteiger partial charge in [-0.05, 0) is 0 Å². The van der Waals surface area contributed by atoms with E-state index in [4.69, 9.17) is 0 Å². The van der Waals surface area contributed by atoms with Crippen LogP contribution in [0.25, 0.3) is 0 Å². The Labute approximate surface area is 72.1 Å². The Bertz CT molecular complexity index is 7.51. The van der Waals surface area contributed by atoms with Crippen LogP contribution in [-0.2, 0) is 17.1 Å². The van der Waals surface area contributed by atoms with Crippen molar-refractivity contribution in [3.8, 4) is 0 Å². The molecule has 0 unspecified atom stereocenters. The molecule has 0 saturated heterocycles. The molecule has 0 aliphatic heterocycles. The quantitative estimate of drug-likeness (QED) is 0.359. The van der Waals surface area contributed by atoms with Crippen molar-refractivity contribution in [3.63, 3.8) is 0 Å². The van der Waals surface area contributed by atoms with Crippen molar-refractivity contribution < 1.29 is 72.2 Å². The van der Waals surface area contributed by atoms with E-state index in [0.717, 1.165) is 0 Å². The van der Waals surface area contributed by atoms with Crippen molar-refractivity contribution >= 4 is 0 Å². The molecule has 0 amide bonds. The van der Waals surface area contributed by atoms with E-state index < -0.39 is 0 Å². The van der Waals surface area contributed by atoms with Gasteiger partial charge in [0.2, 0.25) is 0 Å². The molecule has 0 bridgehead atoms. The van der Waals surface area contributed by atoms with Crippen molar-refractivity contribution in [1.29, 1.82) is 0 Å². The topological polar surface area (TPSA) is 31.5 Å². The summed E-state index contributed by atoms with van der Waals surface area (Å²) in [5.41, 5.74) is 0. The normalized spacial score (nSPS) is 0. The monoisotopic (exact) mass is 213 g/mol. The summed E-state index contributed by atoms with van der Waals surface area (Å²) in [4.78, 5) is 0. The first-order valence-corrected chi connectivity index (χ1v) is 0. The molecule has 2 N–H and O–H groups in total. The van der Waals surface area contributed by atoms with Gasteiger partial charge in [-0.15, -0.1) is 0 Å². The fourth-order valence-corrected chi connectivity index (χ4v) is 0. The minimum Gasteiger partial charge on any atom is -1.00 e. The van der Waals surface area contributed by atoms with Crippen LogP contribution in [-0.4, -0.2) is 5.48 Å². The molecule has 0 aromatic heterocycles. The summed E-state index contributed by atoms with van der Waals surface area (Å²) in [6, 6.07) is 0. The maximum atomic E-state index is 0. The molecule has 1 nitrogen and oxygen atoms in total. The van der Waals surface area contributed by atoms with E-state index in [2.05, 4.69) is 0 Å². The number of rotatable bonds is 0. The van der Waals surface area contributed by atoms with E-state index in [0.29, 0.717) is 0 Å². The van der Waals surface area contributed by atoms with Gasteiger partial charge in [-0.1, -0.05) is 0 Å². The Hall–Kier alpha value is 1.64. The minimum absolute atomic E-state index is 0. The van der Waals surface area contributed by atoms with Crippen molar-refractivity contribution in [2.24, 2.45) is 0 Å². The van der Waals surface area contributed by atoms with Gasteiger partial charge in [-0.2, -0.15) is 0 Å². The van der Waals surface area contributed by atoms with Crippen LogP contribution in [0.4, 0.5) is 0 Å². The maximum Gasteiger partial charge on any atom is 0 e. The number of hydrogen-bond donors (Lipinski definition) is 0. The molecule has 0 heterocycles. The van der Waals surface area contributed by atoms with Crippen LogP contribution >= 0.6 is 0 Å². The summed E-state index contributed by atoms with van der Waals surface area (Å²) in [5.74, 6) is 0. The summed E-state index contributed by atoms with van der Waals surface area (Å²) in [5, 5.41) is 0. The molecular weight excluding hydrogens is 213 g/mol. The van der Waals surface area contributed by atoms with Crippen LogP contribution in [0.15, 0.2) is 0 Å². The van der Waals surface area contributed by atoms with Crippen LogP contribution in [0.5, 0.6) is 0 Å². The summed E-state index contributed by atoms with van der Waals surface area (Å²) in [7, 11) is 0. The Morgan fingerprint density at radius 1 is 0.500 bits per heavy atom. The van der Waals surface area contributed by atoms with Gasteiger partial charge >= 0.3 is 0 Å². The van der Waals surface area contributed by atoms with Crippen LogP contribution < -0.4 is 49.6 Å². The number of halogens is 4. The second kappa shape index (κ2) is 78.6. The Morgan fingerprint density at radius 3 is 0.500 bits per heavy atom. The van der Waals surface area contributed by atoms with Crippen molar-refractivity contribution in [2.45, 2.75) is 0 Å². The summed E-state index contributed by atoms with van der Waals surface area (Å²) in [6.07, 6.45) is 0. The molecule has 0 atom stereocenters. The van der Waals surface area contributed by atoms with Gasteiger partial charge in [0.1, 0.15) is 0 Å². The first kappa shape index (κ1) is 125. The predicted octanol–water partition coefficient (Wildman–Crippen LogP) is -12.8. The standard InChI is InChI=1S/4ClH.Mn.H2O/h4*1H;;1H2/p-4. The zero-order valence-electron chi connectivity index (χ0n) is 2.39. The SMILES string of the molecule is O.[Cl-].[Cl-].[Cl-].[Cl-].[Mn]. The average molecular weight is 215 g/mol. The second-order valence-corrected chi connectivity index (χ2v) is 0. The molecule has 0 rings (SSSR count). The van der Waals surface area contributed by atoms with Gasteiger partial charge in [0.15, 0.2) is 0 Å². The van der Waals surface area contributed by atoms with E-state index in [1.807, 2.05) is 0 Å². The third-order valence-corrected chi connectivity index (χ3v) is 0. The van der Waals surface area contributed by atoms with Gasteiger partial charge in [0, 0.05) is 17.1 Å². The Balaban J connectivity index is 0. The van der Waals surface area contributed by atoms with Crippen LogP contribution in [0.3, 0.4) is 0 Å². The maximum absolute atomic E-state index is 0. The Morgan fingerprint density at radius 2 is 0.500 bits per heavy atom. The van der Waals surface area contributed by atoms with Gasteiger partial charge in [-0.3, -0.25) is 0 Å². The summed E-state index contributed by atoms with van der Waals surface area (Å²) >= 11 is 0. The first-order valence-electron chi connectivity index (χ1n) is 0. The fourth-order valence-electron chi connectivity index (χ4n) is 0. The van der Waals surface area contributed by atoms with E-state index in [1.54, 1.807) is 0 Å². The largest absolute Gasteiger partial charge is 1.00 e. The van der Waals surface area contributed by atoms with Crippen LogP contribution in [0.2, 0.25) is 0 Å². The average Bonchev–Trinajstić information content (AvgIpc) is 0. The van der Waals surface area contributed by atoms with Crippen LogP contribution in [0, 0.1) is 0 Å². The predicted molar refractivity (Wildman–Crippen MR) is 3.61 cm³/mol. The van der Waals surface area contributed by atoms with E-state index >= 15 is 0 Å². The van der Waals surface area contributed by atoms with Crippen molar-refractivity contribution in [2.75, 3.05) is 0 Å². The molecule has 0 saturated carbocycles. The van der Waals surface area contributed by atoms with Crippen LogP contribution in [0.1, 0.15) is 0 Å². The molecule has 6 heavy (non-hydrogen) atoms. The third-order valence-electron chi connectivity index (χ3n) is 0. The first-order chi connectivity index (χ1) is 0. The van der Waals surface area contributed by atoms with Gasteiger partial charge in [-0.25, -0.2) is 0 Å². The third kappa shape index (κ3) is 45.2. The number of hydrogen-bond acceptors (Lipinski definition) is 0. The van der Waals surface area contributed by atoms with Crippen molar-refractivity contribution in [3.05, 3.63) is 0 Å². The van der Waals surface area contributed by atoms with Crippen molar-refractivity contribution in [1.82, 2.24) is 0 Å². The van der Waals surface area contributed by atoms with Gasteiger partial charge in [0.05, 0.1) is 0 Å².